The Morgan fingerprint density at radius 1 is 1.41 bits per heavy atom. The molecule has 1 amide bonds. The van der Waals surface area contributed by atoms with Gasteiger partial charge in [0.25, 0.3) is 0 Å². The molecule has 90 valence electrons. The summed E-state index contributed by atoms with van der Waals surface area (Å²) in [4.78, 5) is 13.4. The largest absolute Gasteiger partial charge is 0.314 e. The van der Waals surface area contributed by atoms with Crippen molar-refractivity contribution in [2.45, 2.75) is 19.3 Å². The summed E-state index contributed by atoms with van der Waals surface area (Å²) in [6, 6.07) is 9.17. The van der Waals surface area contributed by atoms with Crippen molar-refractivity contribution >= 4 is 23.2 Å². The molecule has 0 spiro atoms. The maximum absolute atomic E-state index is 11.9. The normalized spacial score (nSPS) is 9.71. The van der Waals surface area contributed by atoms with Crippen LogP contribution in [-0.2, 0) is 4.79 Å². The summed E-state index contributed by atoms with van der Waals surface area (Å²) in [5.41, 5.74) is 1.17. The molecule has 4 heteroatoms. The molecule has 0 bridgehead atoms. The molecule has 0 unspecified atom stereocenters. The first kappa shape index (κ1) is 13.5. The van der Waals surface area contributed by atoms with Crippen LogP contribution in [0.4, 0.5) is 5.69 Å². The van der Waals surface area contributed by atoms with Gasteiger partial charge in [-0.2, -0.15) is 5.26 Å². The van der Waals surface area contributed by atoms with Crippen LogP contribution in [0.2, 0.25) is 0 Å². The minimum Gasteiger partial charge on any atom is -0.314 e. The van der Waals surface area contributed by atoms with Crippen LogP contribution in [0.25, 0.3) is 0 Å². The van der Waals surface area contributed by atoms with Crippen LogP contribution in [0.5, 0.6) is 0 Å². The average Bonchev–Trinajstić information content (AvgIpc) is 2.38. The van der Waals surface area contributed by atoms with Gasteiger partial charge < -0.3 is 4.90 Å². The Bertz CT molecular complexity index is 426. The van der Waals surface area contributed by atoms with E-state index in [0.29, 0.717) is 23.6 Å². The molecule has 1 aromatic rings. The third-order valence-corrected chi connectivity index (χ3v) is 2.80. The zero-order valence-electron chi connectivity index (χ0n) is 9.82. The van der Waals surface area contributed by atoms with Gasteiger partial charge in [-0.3, -0.25) is 4.79 Å². The van der Waals surface area contributed by atoms with Crippen LogP contribution in [-0.4, -0.2) is 18.8 Å². The number of halogens is 1. The molecule has 3 nitrogen and oxygen atoms in total. The number of hydrogen-bond acceptors (Lipinski definition) is 2. The lowest BCUT2D eigenvalue weighted by Crippen LogP contribution is -2.26. The minimum atomic E-state index is 0.0119. The second-order valence-corrected chi connectivity index (χ2v) is 4.11. The first-order valence-electron chi connectivity index (χ1n) is 5.52. The molecule has 17 heavy (non-hydrogen) atoms. The van der Waals surface area contributed by atoms with E-state index in [1.54, 1.807) is 25.2 Å². The third kappa shape index (κ3) is 3.76. The lowest BCUT2D eigenvalue weighted by molar-refractivity contribution is -0.118. The SMILES string of the molecule is CN(C(=O)CCCCCl)c1ccccc1C#N. The fourth-order valence-electron chi connectivity index (χ4n) is 1.53. The number of nitrogens with zero attached hydrogens (tertiary/aromatic N) is 2. The molecule has 0 aliphatic carbocycles. The van der Waals surface area contributed by atoms with E-state index in [2.05, 4.69) is 6.07 Å². The highest BCUT2D eigenvalue weighted by Crippen LogP contribution is 2.19. The Kier molecular flexibility index (Phi) is 5.51. The summed E-state index contributed by atoms with van der Waals surface area (Å²) in [6.07, 6.45) is 2.07. The highest BCUT2D eigenvalue weighted by molar-refractivity contribution is 6.17. The number of carbonyl (C=O) groups excluding carboxylic acids is 1. The maximum atomic E-state index is 11.9. The Balaban J connectivity index is 2.72. The van der Waals surface area contributed by atoms with E-state index < -0.39 is 0 Å². The highest BCUT2D eigenvalue weighted by atomic mass is 35.5. The summed E-state index contributed by atoms with van der Waals surface area (Å²) < 4.78 is 0. The number of anilines is 1. The lowest BCUT2D eigenvalue weighted by Gasteiger charge is -2.18. The van der Waals surface area contributed by atoms with Gasteiger partial charge in [0.1, 0.15) is 6.07 Å². The molecule has 0 saturated heterocycles. The first-order valence-corrected chi connectivity index (χ1v) is 6.05. The number of rotatable bonds is 5. The van der Waals surface area contributed by atoms with E-state index in [9.17, 15) is 4.79 Å². The summed E-state index contributed by atoms with van der Waals surface area (Å²) >= 11 is 5.56. The van der Waals surface area contributed by atoms with Crippen molar-refractivity contribution in [3.8, 4) is 6.07 Å². The van der Waals surface area contributed by atoms with Crippen molar-refractivity contribution in [2.24, 2.45) is 0 Å². The number of benzene rings is 1. The van der Waals surface area contributed by atoms with Gasteiger partial charge in [0.05, 0.1) is 11.3 Å². The standard InChI is InChI=1S/C13H15ClN2O/c1-16(13(17)8-4-5-9-14)12-7-3-2-6-11(12)10-15/h2-3,6-7H,4-5,8-9H2,1H3. The molecule has 0 heterocycles. The Labute approximate surface area is 107 Å². The van der Waals surface area contributed by atoms with E-state index in [0.717, 1.165) is 12.8 Å². The van der Waals surface area contributed by atoms with E-state index in [4.69, 9.17) is 16.9 Å². The molecule has 0 N–H and O–H groups in total. The smallest absolute Gasteiger partial charge is 0.226 e. The zero-order chi connectivity index (χ0) is 12.7. The first-order chi connectivity index (χ1) is 8.20. The number of amides is 1. The van der Waals surface area contributed by atoms with Crippen LogP contribution in [0.15, 0.2) is 24.3 Å². The van der Waals surface area contributed by atoms with Crippen molar-refractivity contribution in [1.82, 2.24) is 0 Å². The average molecular weight is 251 g/mol. The van der Waals surface area contributed by atoms with Crippen LogP contribution < -0.4 is 4.90 Å². The molecule has 0 radical (unpaired) electrons. The van der Waals surface area contributed by atoms with Gasteiger partial charge in [-0.05, 0) is 25.0 Å². The summed E-state index contributed by atoms with van der Waals surface area (Å²) in [5.74, 6) is 0.587. The Hall–Kier alpha value is -1.53. The third-order valence-electron chi connectivity index (χ3n) is 2.53. The number of carbonyl (C=O) groups is 1. The summed E-state index contributed by atoms with van der Waals surface area (Å²) in [5, 5.41) is 8.96. The monoisotopic (exact) mass is 250 g/mol. The Morgan fingerprint density at radius 3 is 2.76 bits per heavy atom. The molecule has 0 saturated carbocycles. The van der Waals surface area contributed by atoms with Crippen LogP contribution in [0.3, 0.4) is 0 Å². The van der Waals surface area contributed by atoms with Gasteiger partial charge >= 0.3 is 0 Å². The van der Waals surface area contributed by atoms with Gasteiger partial charge in [-0.1, -0.05) is 12.1 Å². The molecule has 1 rings (SSSR count). The van der Waals surface area contributed by atoms with Crippen LogP contribution >= 0.6 is 11.6 Å². The van der Waals surface area contributed by atoms with Crippen molar-refractivity contribution in [3.05, 3.63) is 29.8 Å². The lowest BCUT2D eigenvalue weighted by atomic mass is 10.1. The zero-order valence-corrected chi connectivity index (χ0v) is 10.6. The fraction of sp³-hybridized carbons (Fsp3) is 0.385. The van der Waals surface area contributed by atoms with Gasteiger partial charge in [0, 0.05) is 19.3 Å². The predicted molar refractivity (Wildman–Crippen MR) is 69.1 cm³/mol. The summed E-state index contributed by atoms with van der Waals surface area (Å²) in [6.45, 7) is 0. The predicted octanol–water partition coefficient (Wildman–Crippen LogP) is 2.93. The van der Waals surface area contributed by atoms with E-state index in [-0.39, 0.29) is 5.91 Å². The number of unbranched alkanes of at least 4 members (excludes halogenated alkanes) is 1. The number of para-hydroxylation sites is 1. The fourth-order valence-corrected chi connectivity index (χ4v) is 1.72. The van der Waals surface area contributed by atoms with Crippen molar-refractivity contribution in [1.29, 1.82) is 5.26 Å². The molecular formula is C13H15ClN2O. The van der Waals surface area contributed by atoms with Crippen molar-refractivity contribution in [2.75, 3.05) is 17.8 Å². The van der Waals surface area contributed by atoms with Crippen molar-refractivity contribution < 1.29 is 4.79 Å². The molecule has 0 fully saturated rings. The van der Waals surface area contributed by atoms with Gasteiger partial charge in [-0.15, -0.1) is 11.6 Å². The number of alkyl halides is 1. The highest BCUT2D eigenvalue weighted by Gasteiger charge is 2.13. The maximum Gasteiger partial charge on any atom is 0.226 e. The molecule has 0 atom stereocenters. The molecule has 0 aromatic heterocycles. The van der Waals surface area contributed by atoms with Gasteiger partial charge in [0.2, 0.25) is 5.91 Å². The molecular weight excluding hydrogens is 236 g/mol. The Morgan fingerprint density at radius 2 is 2.12 bits per heavy atom. The second kappa shape index (κ2) is 6.93. The van der Waals surface area contributed by atoms with Gasteiger partial charge in [-0.25, -0.2) is 0 Å². The van der Waals surface area contributed by atoms with E-state index >= 15 is 0 Å². The van der Waals surface area contributed by atoms with Crippen molar-refractivity contribution in [3.63, 3.8) is 0 Å². The van der Waals surface area contributed by atoms with Crippen LogP contribution in [0.1, 0.15) is 24.8 Å². The van der Waals surface area contributed by atoms with E-state index in [1.165, 1.54) is 4.90 Å². The van der Waals surface area contributed by atoms with Crippen LogP contribution in [0, 0.1) is 11.3 Å². The number of nitriles is 1. The minimum absolute atomic E-state index is 0.0119. The topological polar surface area (TPSA) is 44.1 Å². The quantitative estimate of drug-likeness (QED) is 0.596. The molecule has 0 aliphatic rings. The van der Waals surface area contributed by atoms with E-state index in [1.807, 2.05) is 6.07 Å². The summed E-state index contributed by atoms with van der Waals surface area (Å²) in [7, 11) is 1.69. The van der Waals surface area contributed by atoms with Gasteiger partial charge in [0.15, 0.2) is 0 Å². The molecule has 0 aliphatic heterocycles. The second-order valence-electron chi connectivity index (χ2n) is 3.73. The molecule has 1 aromatic carbocycles. The number of hydrogen-bond donors (Lipinski definition) is 0.